The van der Waals surface area contributed by atoms with Gasteiger partial charge in [0.05, 0.1) is 23.5 Å². The summed E-state index contributed by atoms with van der Waals surface area (Å²) < 4.78 is 70.8. The number of hydrogen-bond donors (Lipinski definition) is 4. The number of carbonyl (C=O) groups is 3. The number of hydrogen-bond acceptors (Lipinski definition) is 7. The predicted molar refractivity (Wildman–Crippen MR) is 153 cm³/mol. The molecular weight excluding hydrogens is 591 g/mol. The lowest BCUT2D eigenvalue weighted by atomic mass is 10.0. The Labute approximate surface area is 245 Å². The molecule has 0 aromatic heterocycles. The Bertz CT molecular complexity index is 1680. The van der Waals surface area contributed by atoms with Crippen LogP contribution in [-0.2, 0) is 27.6 Å². The quantitative estimate of drug-likeness (QED) is 0.156. The molecule has 15 heteroatoms. The van der Waals surface area contributed by atoms with Gasteiger partial charge in [0, 0.05) is 29.2 Å². The van der Waals surface area contributed by atoms with Crippen molar-refractivity contribution in [3.8, 4) is 0 Å². The van der Waals surface area contributed by atoms with Crippen molar-refractivity contribution in [3.05, 3.63) is 83.4 Å². The summed E-state index contributed by atoms with van der Waals surface area (Å²) in [5.74, 6) is -1.86. The van der Waals surface area contributed by atoms with E-state index in [-0.39, 0.29) is 24.3 Å². The lowest BCUT2D eigenvalue weighted by Crippen LogP contribution is -2.43. The molecule has 3 aromatic carbocycles. The molecule has 1 heterocycles. The molecule has 1 aliphatic heterocycles. The number of amides is 4. The Morgan fingerprint density at radius 2 is 1.67 bits per heavy atom. The number of imide groups is 1. The van der Waals surface area contributed by atoms with Gasteiger partial charge < -0.3 is 21.3 Å². The number of benzene rings is 3. The maximum atomic E-state index is 13.5. The summed E-state index contributed by atoms with van der Waals surface area (Å²) in [7, 11) is -4.21. The van der Waals surface area contributed by atoms with Crippen molar-refractivity contribution < 1.29 is 40.5 Å². The maximum Gasteiger partial charge on any atom is 0.418 e. The Kier molecular flexibility index (Phi) is 8.42. The third-order valence-electron chi connectivity index (χ3n) is 6.84. The van der Waals surface area contributed by atoms with Crippen LogP contribution in [0.2, 0.25) is 0 Å². The van der Waals surface area contributed by atoms with Crippen LogP contribution < -0.4 is 21.3 Å². The Morgan fingerprint density at radius 3 is 2.30 bits per heavy atom. The number of carbonyl (C=O) groups excluding carboxylic acids is 3. The lowest BCUT2D eigenvalue weighted by Gasteiger charge is -2.28. The van der Waals surface area contributed by atoms with E-state index in [9.17, 15) is 36.0 Å². The topological polar surface area (TPSA) is 162 Å². The van der Waals surface area contributed by atoms with Gasteiger partial charge in [-0.05, 0) is 67.9 Å². The highest BCUT2D eigenvalue weighted by Gasteiger charge is 2.52. The molecule has 0 saturated carbocycles. The zero-order chi connectivity index (χ0) is 31.7. The Balaban J connectivity index is 1.53. The monoisotopic (exact) mass is 619 g/mol. The van der Waals surface area contributed by atoms with Crippen LogP contribution in [0.1, 0.15) is 35.3 Å². The van der Waals surface area contributed by atoms with Crippen molar-refractivity contribution in [2.45, 2.75) is 32.1 Å². The third-order valence-corrected chi connectivity index (χ3v) is 7.56. The molecule has 0 radical (unpaired) electrons. The highest BCUT2D eigenvalue weighted by atomic mass is 32.2. The number of nitrogens with zero attached hydrogens (tertiary/aromatic N) is 2. The van der Waals surface area contributed by atoms with E-state index in [1.807, 2.05) is 0 Å². The van der Waals surface area contributed by atoms with Crippen molar-refractivity contribution in [1.29, 1.82) is 0 Å². The summed E-state index contributed by atoms with van der Waals surface area (Å²) in [5.41, 5.74) is 4.13. The molecular formula is C28H28F3N5O6S. The van der Waals surface area contributed by atoms with E-state index < -0.39 is 56.7 Å². The molecule has 0 spiro atoms. The number of alkyl halides is 3. The van der Waals surface area contributed by atoms with Crippen LogP contribution in [0.25, 0.3) is 0 Å². The number of nitrogens with one attached hydrogen (secondary N) is 2. The minimum atomic E-state index is -4.78. The number of para-hydroxylation sites is 1. The summed E-state index contributed by atoms with van der Waals surface area (Å²) in [6, 6.07) is 15.2. The summed E-state index contributed by atoms with van der Waals surface area (Å²) in [4.78, 5) is 41.0. The van der Waals surface area contributed by atoms with Crippen LogP contribution in [0.3, 0.4) is 0 Å². The number of halogens is 3. The summed E-state index contributed by atoms with van der Waals surface area (Å²) in [6.45, 7) is 2.68. The molecule has 11 nitrogen and oxygen atoms in total. The van der Waals surface area contributed by atoms with Crippen LogP contribution in [0.4, 0.5) is 40.7 Å². The third kappa shape index (κ3) is 6.89. The van der Waals surface area contributed by atoms with Gasteiger partial charge in [0.25, 0.3) is 21.9 Å². The second-order valence-corrected chi connectivity index (χ2v) is 11.8. The molecule has 0 aliphatic carbocycles. The molecule has 3 aromatic rings. The molecule has 4 amide bonds. The highest BCUT2D eigenvalue weighted by molar-refractivity contribution is 7.85. The van der Waals surface area contributed by atoms with Crippen LogP contribution in [0.5, 0.6) is 0 Å². The van der Waals surface area contributed by atoms with Crippen LogP contribution >= 0.6 is 0 Å². The van der Waals surface area contributed by atoms with Crippen molar-refractivity contribution >= 4 is 50.7 Å². The van der Waals surface area contributed by atoms with Gasteiger partial charge in [-0.3, -0.25) is 14.1 Å². The van der Waals surface area contributed by atoms with E-state index in [1.165, 1.54) is 36.9 Å². The first kappa shape index (κ1) is 31.3. The summed E-state index contributed by atoms with van der Waals surface area (Å²) >= 11 is 0. The second-order valence-electron chi connectivity index (χ2n) is 10.2. The Morgan fingerprint density at radius 1 is 1.02 bits per heavy atom. The SMILES string of the molecule is CC1(C)C(=O)N(c2ccc(N)c(C(F)(F)F)c2)C(=O)N1Cc1ccccc1Nc1ccc(C(=O)NCCS(=O)(=O)O)cc1. The molecule has 1 fully saturated rings. The van der Waals surface area contributed by atoms with Crippen molar-refractivity contribution in [2.24, 2.45) is 0 Å². The second kappa shape index (κ2) is 11.6. The Hall–Kier alpha value is -4.63. The zero-order valence-corrected chi connectivity index (χ0v) is 23.8. The first-order valence-corrected chi connectivity index (χ1v) is 14.4. The normalized spacial score (nSPS) is 15.1. The van der Waals surface area contributed by atoms with Gasteiger partial charge in [-0.1, -0.05) is 18.2 Å². The first-order chi connectivity index (χ1) is 20.0. The standard InChI is InChI=1S/C28H28F3N5O6S/c1-27(2)25(38)36(20-11-12-22(32)21(15-20)28(29,30)31)26(39)35(27)16-18-5-3-4-6-23(18)34-19-9-7-17(8-10-19)24(37)33-13-14-43(40,41)42/h3-12,15,34H,13-14,16,32H2,1-2H3,(H,33,37)(H,40,41,42). The first-order valence-electron chi connectivity index (χ1n) is 12.8. The fourth-order valence-electron chi connectivity index (χ4n) is 4.46. The van der Waals surface area contributed by atoms with E-state index in [1.54, 1.807) is 36.4 Å². The lowest BCUT2D eigenvalue weighted by molar-refractivity contribution is -0.137. The average Bonchev–Trinajstić information content (AvgIpc) is 3.08. The molecule has 0 atom stereocenters. The maximum absolute atomic E-state index is 13.5. The van der Waals surface area contributed by atoms with E-state index in [0.717, 1.165) is 6.07 Å². The van der Waals surface area contributed by atoms with Crippen molar-refractivity contribution in [2.75, 3.05) is 28.2 Å². The molecule has 43 heavy (non-hydrogen) atoms. The van der Waals surface area contributed by atoms with Gasteiger partial charge in [-0.2, -0.15) is 21.6 Å². The minimum absolute atomic E-state index is 0.0629. The van der Waals surface area contributed by atoms with E-state index >= 15 is 0 Å². The highest BCUT2D eigenvalue weighted by Crippen LogP contribution is 2.39. The van der Waals surface area contributed by atoms with Crippen LogP contribution in [0, 0.1) is 0 Å². The van der Waals surface area contributed by atoms with Crippen LogP contribution in [-0.4, -0.2) is 53.6 Å². The number of anilines is 4. The molecule has 5 N–H and O–H groups in total. The van der Waals surface area contributed by atoms with Gasteiger partial charge in [0.1, 0.15) is 5.54 Å². The van der Waals surface area contributed by atoms with Gasteiger partial charge in [0.2, 0.25) is 0 Å². The summed E-state index contributed by atoms with van der Waals surface area (Å²) in [6.07, 6.45) is -4.78. The van der Waals surface area contributed by atoms with Gasteiger partial charge in [0.15, 0.2) is 0 Å². The van der Waals surface area contributed by atoms with Gasteiger partial charge in [-0.15, -0.1) is 0 Å². The molecule has 0 unspecified atom stereocenters. The molecule has 1 saturated heterocycles. The average molecular weight is 620 g/mol. The van der Waals surface area contributed by atoms with E-state index in [2.05, 4.69) is 10.6 Å². The molecule has 0 bridgehead atoms. The zero-order valence-electron chi connectivity index (χ0n) is 23.0. The minimum Gasteiger partial charge on any atom is -0.398 e. The van der Waals surface area contributed by atoms with E-state index in [4.69, 9.17) is 10.3 Å². The predicted octanol–water partition coefficient (Wildman–Crippen LogP) is 4.40. The number of rotatable bonds is 9. The molecule has 228 valence electrons. The number of urea groups is 1. The van der Waals surface area contributed by atoms with Crippen LogP contribution in [0.15, 0.2) is 66.7 Å². The van der Waals surface area contributed by atoms with Gasteiger partial charge >= 0.3 is 12.2 Å². The summed E-state index contributed by atoms with van der Waals surface area (Å²) in [5, 5.41) is 5.57. The fraction of sp³-hybridized carbons (Fsp3) is 0.250. The van der Waals surface area contributed by atoms with E-state index in [0.29, 0.717) is 27.9 Å². The smallest absolute Gasteiger partial charge is 0.398 e. The fourth-order valence-corrected chi connectivity index (χ4v) is 4.82. The number of nitrogen functional groups attached to an aromatic ring is 1. The van der Waals surface area contributed by atoms with Gasteiger partial charge in [-0.25, -0.2) is 9.69 Å². The molecule has 4 rings (SSSR count). The number of nitrogens with two attached hydrogens (primary N) is 1. The van der Waals surface area contributed by atoms with Crippen molar-refractivity contribution in [3.63, 3.8) is 0 Å². The van der Waals surface area contributed by atoms with Crippen molar-refractivity contribution in [1.82, 2.24) is 10.2 Å². The molecule has 1 aliphatic rings. The largest absolute Gasteiger partial charge is 0.418 e.